The summed E-state index contributed by atoms with van der Waals surface area (Å²) in [6, 6.07) is 0. The fourth-order valence-corrected chi connectivity index (χ4v) is 2.76. The lowest BCUT2D eigenvalue weighted by atomic mass is 10.4. The Morgan fingerprint density at radius 1 is 1.80 bits per heavy atom. The van der Waals surface area contributed by atoms with Crippen LogP contribution in [0, 0.1) is 0 Å². The summed E-state index contributed by atoms with van der Waals surface area (Å²) < 4.78 is 0.333. The van der Waals surface area contributed by atoms with Crippen molar-refractivity contribution in [2.24, 2.45) is 0 Å². The number of carboxylic acid groups (broad SMARTS) is 1. The number of carboxylic acids is 1. The van der Waals surface area contributed by atoms with E-state index in [0.29, 0.717) is 9.75 Å². The van der Waals surface area contributed by atoms with Gasteiger partial charge in [-0.2, -0.15) is 11.8 Å². The number of hydrogen-bond donors (Lipinski definition) is 2. The van der Waals surface area contributed by atoms with Gasteiger partial charge in [-0.25, -0.2) is 9.78 Å². The van der Waals surface area contributed by atoms with Crippen LogP contribution in [0.4, 0.5) is 5.00 Å². The smallest absolute Gasteiger partial charge is 0.357 e. The molecule has 1 heterocycles. The first-order valence-corrected chi connectivity index (χ1v) is 6.73. The van der Waals surface area contributed by atoms with Crippen LogP contribution in [-0.4, -0.2) is 33.6 Å². The van der Waals surface area contributed by atoms with Crippen molar-refractivity contribution in [1.82, 2.24) is 4.98 Å². The summed E-state index contributed by atoms with van der Waals surface area (Å²) in [5, 5.41) is 12.7. The minimum Gasteiger partial charge on any atom is -0.476 e. The molecule has 0 bridgehead atoms. The van der Waals surface area contributed by atoms with Gasteiger partial charge >= 0.3 is 5.97 Å². The van der Waals surface area contributed by atoms with Gasteiger partial charge in [-0.15, -0.1) is 11.3 Å². The monoisotopic (exact) mass is 244 g/mol. The van der Waals surface area contributed by atoms with Gasteiger partial charge in [-0.05, 0) is 19.1 Å². The van der Waals surface area contributed by atoms with Gasteiger partial charge in [0.25, 0.3) is 0 Å². The summed E-state index contributed by atoms with van der Waals surface area (Å²) in [6.07, 6.45) is 4.52. The van der Waals surface area contributed by atoms with E-state index in [4.69, 9.17) is 5.11 Å². The molecule has 1 aromatic rings. The van der Waals surface area contributed by atoms with E-state index < -0.39 is 5.97 Å². The Labute approximate surface area is 96.1 Å². The molecular formula is C9H12N2O2S2. The second kappa shape index (κ2) is 4.02. The summed E-state index contributed by atoms with van der Waals surface area (Å²) in [5.74, 6) is -0.965. The van der Waals surface area contributed by atoms with Gasteiger partial charge in [0, 0.05) is 11.3 Å². The molecule has 0 spiro atoms. The van der Waals surface area contributed by atoms with Gasteiger partial charge < -0.3 is 10.4 Å². The predicted octanol–water partition coefficient (Wildman–Crippen LogP) is 2.15. The third-order valence-electron chi connectivity index (χ3n) is 2.58. The molecule has 1 aliphatic rings. The lowest BCUT2D eigenvalue weighted by molar-refractivity contribution is 0.0692. The number of anilines is 1. The number of hydrogen-bond acceptors (Lipinski definition) is 5. The van der Waals surface area contributed by atoms with Gasteiger partial charge in [-0.1, -0.05) is 0 Å². The lowest BCUT2D eigenvalue weighted by Crippen LogP contribution is -2.18. The highest BCUT2D eigenvalue weighted by atomic mass is 32.2. The maximum Gasteiger partial charge on any atom is 0.357 e. The van der Waals surface area contributed by atoms with E-state index in [1.54, 1.807) is 5.51 Å². The fraction of sp³-hybridized carbons (Fsp3) is 0.556. The molecule has 4 nitrogen and oxygen atoms in total. The molecule has 0 amide bonds. The van der Waals surface area contributed by atoms with Gasteiger partial charge in [0.15, 0.2) is 5.69 Å². The molecule has 1 fully saturated rings. The van der Waals surface area contributed by atoms with Crippen LogP contribution in [0.3, 0.4) is 0 Å². The number of carbonyl (C=O) groups is 1. The van der Waals surface area contributed by atoms with Crippen molar-refractivity contribution >= 4 is 34.1 Å². The number of aromatic nitrogens is 1. The zero-order chi connectivity index (χ0) is 10.9. The zero-order valence-corrected chi connectivity index (χ0v) is 9.95. The van der Waals surface area contributed by atoms with Crippen molar-refractivity contribution in [3.8, 4) is 0 Å². The molecule has 2 rings (SSSR count). The number of thioether (sulfide) groups is 1. The summed E-state index contributed by atoms with van der Waals surface area (Å²) in [7, 11) is 0. The van der Waals surface area contributed by atoms with Crippen LogP contribution < -0.4 is 5.32 Å². The van der Waals surface area contributed by atoms with Crippen LogP contribution >= 0.6 is 23.1 Å². The Balaban J connectivity index is 1.99. The average molecular weight is 244 g/mol. The average Bonchev–Trinajstić information content (AvgIpc) is 2.84. The van der Waals surface area contributed by atoms with Gasteiger partial charge in [-0.3, -0.25) is 0 Å². The van der Waals surface area contributed by atoms with E-state index in [-0.39, 0.29) is 5.69 Å². The van der Waals surface area contributed by atoms with Gasteiger partial charge in [0.2, 0.25) is 0 Å². The molecule has 0 unspecified atom stereocenters. The van der Waals surface area contributed by atoms with E-state index in [2.05, 4.69) is 16.6 Å². The van der Waals surface area contributed by atoms with E-state index in [9.17, 15) is 4.79 Å². The van der Waals surface area contributed by atoms with Gasteiger partial charge in [0.1, 0.15) is 5.00 Å². The van der Waals surface area contributed by atoms with Crippen LogP contribution in [0.1, 0.15) is 23.3 Å². The highest BCUT2D eigenvalue weighted by molar-refractivity contribution is 8.00. The number of aromatic carboxylic acids is 1. The SMILES string of the molecule is CSC1(CNc2scnc2C(=O)O)CC1. The number of nitrogens with zero attached hydrogens (tertiary/aromatic N) is 1. The summed E-state index contributed by atoms with van der Waals surface area (Å²) in [4.78, 5) is 14.6. The molecule has 0 saturated heterocycles. The summed E-state index contributed by atoms with van der Waals surface area (Å²) in [5.41, 5.74) is 1.70. The molecule has 0 aromatic carbocycles. The molecule has 6 heteroatoms. The first kappa shape index (κ1) is 10.8. The molecule has 0 aliphatic heterocycles. The number of rotatable bonds is 5. The third kappa shape index (κ3) is 2.26. The molecule has 2 N–H and O–H groups in total. The Hall–Kier alpha value is -0.750. The first-order valence-electron chi connectivity index (χ1n) is 4.63. The molecule has 0 atom stereocenters. The minimum absolute atomic E-state index is 0.136. The summed E-state index contributed by atoms with van der Waals surface area (Å²) in [6.45, 7) is 0.830. The van der Waals surface area contributed by atoms with E-state index in [1.807, 2.05) is 11.8 Å². The van der Waals surface area contributed by atoms with Crippen molar-refractivity contribution in [2.45, 2.75) is 17.6 Å². The highest BCUT2D eigenvalue weighted by Gasteiger charge is 2.41. The molecule has 1 aromatic heterocycles. The standard InChI is InChI=1S/C9H12N2O2S2/c1-14-9(2-3-9)4-10-7-6(8(12)13)11-5-15-7/h5,10H,2-4H2,1H3,(H,12,13). The van der Waals surface area contributed by atoms with E-state index in [1.165, 1.54) is 24.2 Å². The molecule has 1 aliphatic carbocycles. The minimum atomic E-state index is -0.965. The van der Waals surface area contributed by atoms with Crippen molar-refractivity contribution in [1.29, 1.82) is 0 Å². The van der Waals surface area contributed by atoms with Crippen molar-refractivity contribution in [2.75, 3.05) is 18.1 Å². The Morgan fingerprint density at radius 2 is 2.53 bits per heavy atom. The maximum absolute atomic E-state index is 10.8. The topological polar surface area (TPSA) is 62.2 Å². The van der Waals surface area contributed by atoms with E-state index >= 15 is 0 Å². The molecule has 82 valence electrons. The quantitative estimate of drug-likeness (QED) is 0.831. The Morgan fingerprint density at radius 3 is 3.07 bits per heavy atom. The first-order chi connectivity index (χ1) is 7.17. The Bertz CT molecular complexity index is 374. The number of thiazole rings is 1. The molecule has 15 heavy (non-hydrogen) atoms. The van der Waals surface area contributed by atoms with Gasteiger partial charge in [0.05, 0.1) is 5.51 Å². The normalized spacial score (nSPS) is 17.4. The maximum atomic E-state index is 10.8. The van der Waals surface area contributed by atoms with Crippen LogP contribution in [0.15, 0.2) is 5.51 Å². The summed E-state index contributed by atoms with van der Waals surface area (Å²) >= 11 is 3.19. The lowest BCUT2D eigenvalue weighted by Gasteiger charge is -2.12. The van der Waals surface area contributed by atoms with Crippen molar-refractivity contribution in [3.63, 3.8) is 0 Å². The largest absolute Gasteiger partial charge is 0.476 e. The second-order valence-electron chi connectivity index (χ2n) is 3.58. The van der Waals surface area contributed by atoms with Crippen molar-refractivity contribution in [3.05, 3.63) is 11.2 Å². The fourth-order valence-electron chi connectivity index (χ4n) is 1.36. The van der Waals surface area contributed by atoms with Crippen LogP contribution in [0.25, 0.3) is 0 Å². The Kier molecular flexibility index (Phi) is 2.88. The van der Waals surface area contributed by atoms with Crippen LogP contribution in [-0.2, 0) is 0 Å². The van der Waals surface area contributed by atoms with Crippen LogP contribution in [0.5, 0.6) is 0 Å². The molecule has 0 radical (unpaired) electrons. The molecule has 1 saturated carbocycles. The zero-order valence-electron chi connectivity index (χ0n) is 8.32. The number of nitrogens with one attached hydrogen (secondary N) is 1. The van der Waals surface area contributed by atoms with E-state index in [0.717, 1.165) is 6.54 Å². The predicted molar refractivity (Wildman–Crippen MR) is 63.0 cm³/mol. The highest BCUT2D eigenvalue weighted by Crippen LogP contribution is 2.47. The second-order valence-corrected chi connectivity index (χ2v) is 5.70. The van der Waals surface area contributed by atoms with Crippen LogP contribution in [0.2, 0.25) is 0 Å². The third-order valence-corrected chi connectivity index (χ3v) is 4.78. The van der Waals surface area contributed by atoms with Crippen molar-refractivity contribution < 1.29 is 9.90 Å². The molecular weight excluding hydrogens is 232 g/mol.